The third kappa shape index (κ3) is 2.04. The smallest absolute Gasteiger partial charge is 0.199 e. The van der Waals surface area contributed by atoms with Crippen LogP contribution in [0.1, 0.15) is 22.0 Å². The molecular weight excluding hydrogens is 194 g/mol. The van der Waals surface area contributed by atoms with Crippen molar-refractivity contribution in [3.8, 4) is 5.75 Å². The van der Waals surface area contributed by atoms with E-state index >= 15 is 0 Å². The lowest BCUT2D eigenvalue weighted by atomic mass is 10.1. The first kappa shape index (κ1) is 9.45. The topological polar surface area (TPSA) is 63.3 Å². The standard InChI is InChI=1S/C11H9NO3/c13-7-9-6-12-11(15-9)5-8-3-1-2-4-10(8)14/h1-4,6-7,14H,5H2. The molecule has 15 heavy (non-hydrogen) atoms. The molecule has 0 radical (unpaired) electrons. The van der Waals surface area contributed by atoms with Crippen LogP contribution in [0.15, 0.2) is 34.9 Å². The van der Waals surface area contributed by atoms with E-state index in [4.69, 9.17) is 4.42 Å². The Morgan fingerprint density at radius 2 is 2.20 bits per heavy atom. The van der Waals surface area contributed by atoms with Crippen LogP contribution in [-0.2, 0) is 6.42 Å². The quantitative estimate of drug-likeness (QED) is 0.772. The zero-order valence-corrected chi connectivity index (χ0v) is 7.88. The molecule has 0 aliphatic rings. The Bertz CT molecular complexity index is 476. The summed E-state index contributed by atoms with van der Waals surface area (Å²) in [6.45, 7) is 0. The molecular formula is C11H9NO3. The predicted molar refractivity (Wildman–Crippen MR) is 52.8 cm³/mol. The van der Waals surface area contributed by atoms with Gasteiger partial charge in [0.2, 0.25) is 0 Å². The minimum atomic E-state index is 0.195. The Hall–Kier alpha value is -2.10. The molecule has 0 saturated heterocycles. The molecule has 0 unspecified atom stereocenters. The summed E-state index contributed by atoms with van der Waals surface area (Å²) in [5.41, 5.74) is 0.719. The van der Waals surface area contributed by atoms with Crippen LogP contribution in [0, 0.1) is 0 Å². The van der Waals surface area contributed by atoms with Crippen LogP contribution in [0.2, 0.25) is 0 Å². The first-order chi connectivity index (χ1) is 7.29. The summed E-state index contributed by atoms with van der Waals surface area (Å²) < 4.78 is 5.10. The number of aromatic nitrogens is 1. The van der Waals surface area contributed by atoms with Gasteiger partial charge in [-0.3, -0.25) is 4.79 Å². The Kier molecular flexibility index (Phi) is 2.49. The first-order valence-electron chi connectivity index (χ1n) is 4.46. The number of aromatic hydroxyl groups is 1. The van der Waals surface area contributed by atoms with Gasteiger partial charge in [0.1, 0.15) is 5.75 Å². The summed E-state index contributed by atoms with van der Waals surface area (Å²) >= 11 is 0. The number of benzene rings is 1. The van der Waals surface area contributed by atoms with Gasteiger partial charge in [-0.15, -0.1) is 0 Å². The molecule has 4 heteroatoms. The van der Waals surface area contributed by atoms with E-state index in [2.05, 4.69) is 4.98 Å². The van der Waals surface area contributed by atoms with E-state index < -0.39 is 0 Å². The monoisotopic (exact) mass is 203 g/mol. The van der Waals surface area contributed by atoms with Gasteiger partial charge in [-0.05, 0) is 6.07 Å². The summed E-state index contributed by atoms with van der Waals surface area (Å²) in [5, 5.41) is 9.50. The van der Waals surface area contributed by atoms with Crippen molar-refractivity contribution in [2.45, 2.75) is 6.42 Å². The van der Waals surface area contributed by atoms with E-state index in [0.29, 0.717) is 18.6 Å². The Morgan fingerprint density at radius 1 is 1.40 bits per heavy atom. The molecule has 1 aromatic carbocycles. The van der Waals surface area contributed by atoms with Crippen molar-refractivity contribution in [1.29, 1.82) is 0 Å². The van der Waals surface area contributed by atoms with Crippen molar-refractivity contribution in [2.75, 3.05) is 0 Å². The zero-order valence-electron chi connectivity index (χ0n) is 7.88. The van der Waals surface area contributed by atoms with Crippen molar-refractivity contribution < 1.29 is 14.3 Å². The van der Waals surface area contributed by atoms with Gasteiger partial charge in [-0.25, -0.2) is 4.98 Å². The fourth-order valence-electron chi connectivity index (χ4n) is 1.28. The SMILES string of the molecule is O=Cc1cnc(Cc2ccccc2O)o1. The molecule has 0 aliphatic carbocycles. The first-order valence-corrected chi connectivity index (χ1v) is 4.46. The molecule has 1 N–H and O–H groups in total. The van der Waals surface area contributed by atoms with E-state index in [0.717, 1.165) is 5.56 Å². The number of nitrogens with zero attached hydrogens (tertiary/aromatic N) is 1. The second-order valence-electron chi connectivity index (χ2n) is 3.08. The van der Waals surface area contributed by atoms with Crippen LogP contribution in [0.25, 0.3) is 0 Å². The van der Waals surface area contributed by atoms with E-state index in [1.54, 1.807) is 18.2 Å². The number of phenolic OH excluding ortho intramolecular Hbond substituents is 1. The number of rotatable bonds is 3. The molecule has 0 bridgehead atoms. The van der Waals surface area contributed by atoms with E-state index in [-0.39, 0.29) is 11.5 Å². The number of aldehydes is 1. The maximum atomic E-state index is 10.4. The molecule has 1 heterocycles. The fraction of sp³-hybridized carbons (Fsp3) is 0.0909. The summed E-state index contributed by atoms with van der Waals surface area (Å²) in [6.07, 6.45) is 2.34. The number of para-hydroxylation sites is 1. The maximum Gasteiger partial charge on any atom is 0.199 e. The molecule has 76 valence electrons. The molecule has 0 fully saturated rings. The predicted octanol–water partition coefficient (Wildman–Crippen LogP) is 1.78. The number of hydrogen-bond donors (Lipinski definition) is 1. The van der Waals surface area contributed by atoms with Gasteiger partial charge in [-0.1, -0.05) is 18.2 Å². The molecule has 0 saturated carbocycles. The van der Waals surface area contributed by atoms with Gasteiger partial charge in [0.25, 0.3) is 0 Å². The van der Waals surface area contributed by atoms with Gasteiger partial charge in [-0.2, -0.15) is 0 Å². The molecule has 0 aliphatic heterocycles. The third-order valence-corrected chi connectivity index (χ3v) is 2.02. The summed E-state index contributed by atoms with van der Waals surface area (Å²) in [5.74, 6) is 0.808. The number of hydrogen-bond acceptors (Lipinski definition) is 4. The van der Waals surface area contributed by atoms with Crippen LogP contribution in [0.5, 0.6) is 5.75 Å². The highest BCUT2D eigenvalue weighted by molar-refractivity contribution is 5.69. The maximum absolute atomic E-state index is 10.4. The Balaban J connectivity index is 2.22. The van der Waals surface area contributed by atoms with Gasteiger partial charge in [0.05, 0.1) is 12.6 Å². The van der Waals surface area contributed by atoms with Crippen molar-refractivity contribution in [2.24, 2.45) is 0 Å². The highest BCUT2D eigenvalue weighted by atomic mass is 16.4. The van der Waals surface area contributed by atoms with Gasteiger partial charge in [0, 0.05) is 5.56 Å². The molecule has 2 rings (SSSR count). The van der Waals surface area contributed by atoms with Gasteiger partial charge >= 0.3 is 0 Å². The lowest BCUT2D eigenvalue weighted by Gasteiger charge is -1.99. The van der Waals surface area contributed by atoms with Crippen molar-refractivity contribution in [3.05, 3.63) is 47.7 Å². The second-order valence-corrected chi connectivity index (χ2v) is 3.08. The van der Waals surface area contributed by atoms with Crippen molar-refractivity contribution in [3.63, 3.8) is 0 Å². The average Bonchev–Trinajstić information content (AvgIpc) is 2.69. The highest BCUT2D eigenvalue weighted by Crippen LogP contribution is 2.19. The molecule has 4 nitrogen and oxygen atoms in total. The zero-order chi connectivity index (χ0) is 10.7. The Morgan fingerprint density at radius 3 is 2.87 bits per heavy atom. The normalized spacial score (nSPS) is 10.1. The fourth-order valence-corrected chi connectivity index (χ4v) is 1.28. The lowest BCUT2D eigenvalue weighted by molar-refractivity contribution is 0.109. The molecule has 0 amide bonds. The minimum Gasteiger partial charge on any atom is -0.508 e. The second kappa shape index (κ2) is 3.96. The lowest BCUT2D eigenvalue weighted by Crippen LogP contribution is -1.88. The van der Waals surface area contributed by atoms with Crippen molar-refractivity contribution in [1.82, 2.24) is 4.98 Å². The number of carbonyl (C=O) groups is 1. The summed E-state index contributed by atoms with van der Waals surface area (Å²) in [4.78, 5) is 14.3. The van der Waals surface area contributed by atoms with Gasteiger partial charge in [0.15, 0.2) is 17.9 Å². The summed E-state index contributed by atoms with van der Waals surface area (Å²) in [6, 6.07) is 6.93. The number of carbonyl (C=O) groups excluding carboxylic acids is 1. The molecule has 2 aromatic rings. The van der Waals surface area contributed by atoms with Crippen LogP contribution in [-0.4, -0.2) is 16.4 Å². The van der Waals surface area contributed by atoms with Gasteiger partial charge < -0.3 is 9.52 Å². The summed E-state index contributed by atoms with van der Waals surface area (Å²) in [7, 11) is 0. The third-order valence-electron chi connectivity index (χ3n) is 2.02. The number of oxazole rings is 1. The molecule has 1 aromatic heterocycles. The number of phenols is 1. The highest BCUT2D eigenvalue weighted by Gasteiger charge is 2.06. The van der Waals surface area contributed by atoms with Crippen LogP contribution >= 0.6 is 0 Å². The van der Waals surface area contributed by atoms with Crippen LogP contribution in [0.3, 0.4) is 0 Å². The van der Waals surface area contributed by atoms with E-state index in [1.807, 2.05) is 6.07 Å². The molecule has 0 atom stereocenters. The van der Waals surface area contributed by atoms with Crippen LogP contribution < -0.4 is 0 Å². The minimum absolute atomic E-state index is 0.195. The van der Waals surface area contributed by atoms with Crippen molar-refractivity contribution >= 4 is 6.29 Å². The van der Waals surface area contributed by atoms with E-state index in [9.17, 15) is 9.90 Å². The average molecular weight is 203 g/mol. The van der Waals surface area contributed by atoms with E-state index in [1.165, 1.54) is 6.20 Å². The molecule has 0 spiro atoms. The largest absolute Gasteiger partial charge is 0.508 e. The Labute approximate surface area is 86.2 Å². The van der Waals surface area contributed by atoms with Crippen LogP contribution in [0.4, 0.5) is 0 Å².